The minimum Gasteiger partial charge on any atom is -0.846 e. The molecule has 1 aromatic heterocycles. The van der Waals surface area contributed by atoms with E-state index in [1.807, 2.05) is 24.3 Å². The van der Waals surface area contributed by atoms with Gasteiger partial charge in [-0.25, -0.2) is 9.98 Å². The lowest BCUT2D eigenvalue weighted by Gasteiger charge is -2.18. The van der Waals surface area contributed by atoms with Crippen LogP contribution in [-0.4, -0.2) is 30.0 Å². The maximum absolute atomic E-state index is 11.3. The summed E-state index contributed by atoms with van der Waals surface area (Å²) >= 11 is 1.42. The van der Waals surface area contributed by atoms with Crippen LogP contribution < -0.4 is 5.11 Å². The van der Waals surface area contributed by atoms with Crippen molar-refractivity contribution in [1.29, 1.82) is 0 Å². The molecule has 0 N–H and O–H groups in total. The minimum absolute atomic E-state index is 0.283. The van der Waals surface area contributed by atoms with E-state index in [0.717, 1.165) is 10.2 Å². The Bertz CT molecular complexity index is 471. The van der Waals surface area contributed by atoms with Gasteiger partial charge in [-0.3, -0.25) is 0 Å². The molecule has 1 aromatic carbocycles. The standard InChI is InChI=1S/C10H11N3OS/c1-13(2)10(14)12-9-11-7-5-3-4-6-8(7)15-9/h3-6H,1-2H3,(H,11,12,14)/p-1. The SMILES string of the molecule is CN(C)/C([O-])=N/c1nc2ccccc2s1. The highest BCUT2D eigenvalue weighted by Gasteiger charge is 2.00. The molecule has 0 aliphatic rings. The van der Waals surface area contributed by atoms with E-state index in [0.29, 0.717) is 5.13 Å². The average Bonchev–Trinajstić information content (AvgIpc) is 2.59. The van der Waals surface area contributed by atoms with Crippen molar-refractivity contribution >= 4 is 32.7 Å². The molecular formula is C10H10N3OS-. The zero-order valence-electron chi connectivity index (χ0n) is 8.47. The monoisotopic (exact) mass is 220 g/mol. The van der Waals surface area contributed by atoms with Gasteiger partial charge < -0.3 is 10.0 Å². The quantitative estimate of drug-likeness (QED) is 0.536. The Kier molecular flexibility index (Phi) is 2.55. The van der Waals surface area contributed by atoms with Gasteiger partial charge in [-0.05, 0) is 12.1 Å². The topological polar surface area (TPSA) is 51.5 Å². The van der Waals surface area contributed by atoms with Crippen LogP contribution in [0, 0.1) is 0 Å². The molecule has 1 heterocycles. The summed E-state index contributed by atoms with van der Waals surface area (Å²) in [5.74, 6) is 0. The third-order valence-electron chi connectivity index (χ3n) is 1.86. The fraction of sp³-hybridized carbons (Fsp3) is 0.200. The first-order valence-electron chi connectivity index (χ1n) is 4.45. The van der Waals surface area contributed by atoms with Crippen molar-refractivity contribution in [3.63, 3.8) is 0 Å². The van der Waals surface area contributed by atoms with E-state index in [1.165, 1.54) is 16.2 Å². The molecule has 0 spiro atoms. The zero-order chi connectivity index (χ0) is 10.8. The van der Waals surface area contributed by atoms with Crippen molar-refractivity contribution in [3.8, 4) is 0 Å². The summed E-state index contributed by atoms with van der Waals surface area (Å²) in [5.41, 5.74) is 0.882. The smallest absolute Gasteiger partial charge is 0.211 e. The van der Waals surface area contributed by atoms with Crippen LogP contribution in [0.1, 0.15) is 0 Å². The summed E-state index contributed by atoms with van der Waals surface area (Å²) in [6.07, 6.45) is 0. The lowest BCUT2D eigenvalue weighted by Crippen LogP contribution is -2.33. The number of benzene rings is 1. The van der Waals surface area contributed by atoms with E-state index in [2.05, 4.69) is 9.98 Å². The molecule has 0 amide bonds. The van der Waals surface area contributed by atoms with Gasteiger partial charge in [-0.2, -0.15) is 0 Å². The first kappa shape index (κ1) is 9.92. The summed E-state index contributed by atoms with van der Waals surface area (Å²) in [7, 11) is 3.33. The molecule has 4 nitrogen and oxygen atoms in total. The van der Waals surface area contributed by atoms with Gasteiger partial charge in [0.2, 0.25) is 5.13 Å². The summed E-state index contributed by atoms with van der Waals surface area (Å²) in [4.78, 5) is 9.55. The Morgan fingerprint density at radius 3 is 2.80 bits per heavy atom. The number of para-hydroxylation sites is 1. The maximum atomic E-state index is 11.3. The summed E-state index contributed by atoms with van der Waals surface area (Å²) in [6.45, 7) is 0. The summed E-state index contributed by atoms with van der Waals surface area (Å²) < 4.78 is 1.04. The van der Waals surface area contributed by atoms with Crippen LogP contribution in [0.3, 0.4) is 0 Å². The van der Waals surface area contributed by atoms with Crippen LogP contribution in [0.5, 0.6) is 0 Å². The Labute approximate surface area is 91.5 Å². The van der Waals surface area contributed by atoms with Gasteiger partial charge in [0.15, 0.2) is 0 Å². The molecule has 15 heavy (non-hydrogen) atoms. The van der Waals surface area contributed by atoms with Gasteiger partial charge in [0, 0.05) is 14.1 Å². The van der Waals surface area contributed by atoms with Gasteiger partial charge in [0.1, 0.15) is 0 Å². The van der Waals surface area contributed by atoms with Crippen LogP contribution in [0.15, 0.2) is 29.3 Å². The number of thiazole rings is 1. The number of hydrogen-bond donors (Lipinski definition) is 0. The van der Waals surface area contributed by atoms with Crippen LogP contribution in [0.4, 0.5) is 5.13 Å². The minimum atomic E-state index is -0.283. The predicted octanol–water partition coefficient (Wildman–Crippen LogP) is 1.21. The molecule has 0 saturated heterocycles. The van der Waals surface area contributed by atoms with Crippen LogP contribution >= 0.6 is 11.3 Å². The lowest BCUT2D eigenvalue weighted by molar-refractivity contribution is -0.231. The lowest BCUT2D eigenvalue weighted by atomic mass is 10.3. The van der Waals surface area contributed by atoms with E-state index in [-0.39, 0.29) is 6.02 Å². The maximum Gasteiger partial charge on any atom is 0.211 e. The number of nitrogens with zero attached hydrogens (tertiary/aromatic N) is 3. The summed E-state index contributed by atoms with van der Waals surface area (Å²) in [5, 5.41) is 11.8. The van der Waals surface area contributed by atoms with Crippen LogP contribution in [-0.2, 0) is 0 Å². The number of aliphatic imine (C=N–C) groups is 1. The number of rotatable bonds is 1. The average molecular weight is 220 g/mol. The van der Waals surface area contributed by atoms with Gasteiger partial charge in [-0.15, -0.1) is 0 Å². The highest BCUT2D eigenvalue weighted by atomic mass is 32.1. The van der Waals surface area contributed by atoms with Gasteiger partial charge in [0.05, 0.1) is 16.2 Å². The number of amidine groups is 1. The molecule has 0 unspecified atom stereocenters. The number of hydrogen-bond acceptors (Lipinski definition) is 4. The van der Waals surface area contributed by atoms with Crippen molar-refractivity contribution < 1.29 is 5.11 Å². The fourth-order valence-electron chi connectivity index (χ4n) is 1.09. The highest BCUT2D eigenvalue weighted by Crippen LogP contribution is 2.27. The van der Waals surface area contributed by atoms with Gasteiger partial charge >= 0.3 is 0 Å². The molecule has 0 saturated carbocycles. The van der Waals surface area contributed by atoms with Gasteiger partial charge in [0.25, 0.3) is 0 Å². The van der Waals surface area contributed by atoms with Crippen LogP contribution in [0.25, 0.3) is 10.2 Å². The van der Waals surface area contributed by atoms with Crippen molar-refractivity contribution in [1.82, 2.24) is 9.88 Å². The molecule has 0 aliphatic carbocycles. The highest BCUT2D eigenvalue weighted by molar-refractivity contribution is 7.22. The first-order valence-corrected chi connectivity index (χ1v) is 5.27. The van der Waals surface area contributed by atoms with E-state index >= 15 is 0 Å². The Morgan fingerprint density at radius 1 is 1.40 bits per heavy atom. The number of fused-ring (bicyclic) bond motifs is 1. The zero-order valence-corrected chi connectivity index (χ0v) is 9.28. The number of aromatic nitrogens is 1. The first-order chi connectivity index (χ1) is 7.16. The molecule has 0 fully saturated rings. The molecule has 0 aliphatic heterocycles. The van der Waals surface area contributed by atoms with Crippen molar-refractivity contribution in [2.75, 3.05) is 14.1 Å². The normalized spacial score (nSPS) is 12.0. The third-order valence-corrected chi connectivity index (χ3v) is 2.79. The third kappa shape index (κ3) is 2.07. The molecule has 78 valence electrons. The predicted molar refractivity (Wildman–Crippen MR) is 60.4 cm³/mol. The molecular weight excluding hydrogens is 210 g/mol. The largest absolute Gasteiger partial charge is 0.846 e. The molecule has 2 rings (SSSR count). The molecule has 5 heteroatoms. The van der Waals surface area contributed by atoms with Gasteiger partial charge in [-0.1, -0.05) is 23.5 Å². The molecule has 0 bridgehead atoms. The van der Waals surface area contributed by atoms with Crippen molar-refractivity contribution in [2.24, 2.45) is 4.99 Å². The van der Waals surface area contributed by atoms with Crippen LogP contribution in [0.2, 0.25) is 0 Å². The Balaban J connectivity index is 2.41. The second kappa shape index (κ2) is 3.86. The van der Waals surface area contributed by atoms with E-state index in [9.17, 15) is 5.11 Å². The van der Waals surface area contributed by atoms with E-state index in [1.54, 1.807) is 14.1 Å². The fourth-order valence-corrected chi connectivity index (χ4v) is 1.92. The Hall–Kier alpha value is -1.62. The Morgan fingerprint density at radius 2 is 2.13 bits per heavy atom. The van der Waals surface area contributed by atoms with Crippen molar-refractivity contribution in [3.05, 3.63) is 24.3 Å². The van der Waals surface area contributed by atoms with E-state index < -0.39 is 0 Å². The van der Waals surface area contributed by atoms with Crippen molar-refractivity contribution in [2.45, 2.75) is 0 Å². The second-order valence-electron chi connectivity index (χ2n) is 3.25. The molecule has 2 aromatic rings. The second-order valence-corrected chi connectivity index (χ2v) is 4.26. The molecule has 0 atom stereocenters. The molecule has 0 radical (unpaired) electrons. The summed E-state index contributed by atoms with van der Waals surface area (Å²) in [6, 6.07) is 7.45. The van der Waals surface area contributed by atoms with E-state index in [4.69, 9.17) is 0 Å².